The van der Waals surface area contributed by atoms with Crippen molar-refractivity contribution in [1.82, 2.24) is 9.97 Å². The van der Waals surface area contributed by atoms with Gasteiger partial charge in [0.25, 0.3) is 0 Å². The molecule has 0 spiro atoms. The van der Waals surface area contributed by atoms with Crippen LogP contribution in [0.25, 0.3) is 0 Å². The first-order chi connectivity index (χ1) is 12.1. The maximum atomic E-state index is 4.66. The van der Waals surface area contributed by atoms with Gasteiger partial charge in [0.2, 0.25) is 5.95 Å². The number of rotatable bonds is 6. The van der Waals surface area contributed by atoms with Crippen molar-refractivity contribution in [2.75, 3.05) is 5.32 Å². The van der Waals surface area contributed by atoms with Gasteiger partial charge < -0.3 is 5.32 Å². The average molecular weight is 331 g/mol. The predicted octanol–water partition coefficient (Wildman–Crippen LogP) is 4.80. The lowest BCUT2D eigenvalue weighted by molar-refractivity contribution is 0.883. The fourth-order valence-corrected chi connectivity index (χ4v) is 3.25. The van der Waals surface area contributed by atoms with Crippen LogP contribution in [0.15, 0.2) is 54.7 Å². The molecule has 0 atom stereocenters. The first-order valence-corrected chi connectivity index (χ1v) is 8.78. The normalized spacial score (nSPS) is 10.7. The molecule has 3 nitrogen and oxygen atoms in total. The van der Waals surface area contributed by atoms with Gasteiger partial charge in [0.05, 0.1) is 0 Å². The maximum Gasteiger partial charge on any atom is 0.223 e. The van der Waals surface area contributed by atoms with Gasteiger partial charge in [-0.05, 0) is 61.9 Å². The fourth-order valence-electron chi connectivity index (χ4n) is 3.25. The number of nitrogens with zero attached hydrogens (tertiary/aromatic N) is 2. The van der Waals surface area contributed by atoms with E-state index in [1.165, 1.54) is 27.8 Å². The van der Waals surface area contributed by atoms with Crippen LogP contribution < -0.4 is 5.32 Å². The summed E-state index contributed by atoms with van der Waals surface area (Å²) in [5.74, 6) is 0.693. The molecule has 3 aromatic rings. The quantitative estimate of drug-likeness (QED) is 0.705. The number of anilines is 1. The van der Waals surface area contributed by atoms with Crippen molar-refractivity contribution in [1.29, 1.82) is 0 Å². The highest BCUT2D eigenvalue weighted by atomic mass is 15.1. The second-order valence-corrected chi connectivity index (χ2v) is 6.59. The molecule has 3 heteroatoms. The number of hydrogen-bond donors (Lipinski definition) is 1. The molecule has 1 N–H and O–H groups in total. The van der Waals surface area contributed by atoms with Crippen molar-refractivity contribution in [2.45, 2.75) is 40.2 Å². The molecule has 25 heavy (non-hydrogen) atoms. The summed E-state index contributed by atoms with van der Waals surface area (Å²) in [6.07, 6.45) is 3.77. The van der Waals surface area contributed by atoms with Gasteiger partial charge in [-0.1, -0.05) is 48.0 Å². The van der Waals surface area contributed by atoms with Gasteiger partial charge in [-0.3, -0.25) is 0 Å². The number of aromatic nitrogens is 2. The number of nitrogens with one attached hydrogen (secondary N) is 1. The van der Waals surface area contributed by atoms with Gasteiger partial charge >= 0.3 is 0 Å². The highest BCUT2D eigenvalue weighted by Gasteiger charge is 2.06. The molecule has 0 saturated heterocycles. The molecule has 128 valence electrons. The SMILES string of the molecule is Cc1cc(C)c(CCc2ccnc(NCc3ccccc3)n2)c(C)c1. The highest BCUT2D eigenvalue weighted by molar-refractivity contribution is 5.38. The predicted molar refractivity (Wildman–Crippen MR) is 104 cm³/mol. The van der Waals surface area contributed by atoms with E-state index in [9.17, 15) is 0 Å². The average Bonchev–Trinajstić information content (AvgIpc) is 2.60. The van der Waals surface area contributed by atoms with Gasteiger partial charge in [-0.25, -0.2) is 9.97 Å². The maximum absolute atomic E-state index is 4.66. The van der Waals surface area contributed by atoms with Crippen molar-refractivity contribution in [3.8, 4) is 0 Å². The highest BCUT2D eigenvalue weighted by Crippen LogP contribution is 2.18. The molecular weight excluding hydrogens is 306 g/mol. The molecule has 0 aliphatic rings. The van der Waals surface area contributed by atoms with Gasteiger partial charge in [0, 0.05) is 18.4 Å². The minimum absolute atomic E-state index is 0.693. The largest absolute Gasteiger partial charge is 0.350 e. The Labute approximate surface area is 150 Å². The van der Waals surface area contributed by atoms with Crippen LogP contribution in [-0.2, 0) is 19.4 Å². The molecule has 0 fully saturated rings. The molecule has 1 heterocycles. The van der Waals surface area contributed by atoms with Gasteiger partial charge in [-0.15, -0.1) is 0 Å². The van der Waals surface area contributed by atoms with Crippen molar-refractivity contribution in [3.05, 3.63) is 88.2 Å². The van der Waals surface area contributed by atoms with E-state index in [2.05, 4.69) is 60.3 Å². The molecule has 2 aromatic carbocycles. The summed E-state index contributed by atoms with van der Waals surface area (Å²) < 4.78 is 0. The van der Waals surface area contributed by atoms with Crippen molar-refractivity contribution < 1.29 is 0 Å². The van der Waals surface area contributed by atoms with Gasteiger partial charge in [-0.2, -0.15) is 0 Å². The third-order valence-corrected chi connectivity index (χ3v) is 4.48. The molecule has 0 radical (unpaired) electrons. The standard InChI is InChI=1S/C22H25N3/c1-16-13-17(2)21(18(3)14-16)10-9-20-11-12-23-22(25-20)24-15-19-7-5-4-6-8-19/h4-8,11-14H,9-10,15H2,1-3H3,(H,23,24,25). The van der Waals surface area contributed by atoms with Crippen LogP contribution in [-0.4, -0.2) is 9.97 Å². The first-order valence-electron chi connectivity index (χ1n) is 8.78. The summed E-state index contributed by atoms with van der Waals surface area (Å²) in [6, 6.07) is 16.8. The summed E-state index contributed by atoms with van der Waals surface area (Å²) in [4.78, 5) is 8.99. The molecule has 0 aliphatic heterocycles. The molecule has 3 rings (SSSR count). The molecule has 0 bridgehead atoms. The Morgan fingerprint density at radius 3 is 2.32 bits per heavy atom. The molecule has 0 unspecified atom stereocenters. The lowest BCUT2D eigenvalue weighted by atomic mass is 9.95. The summed E-state index contributed by atoms with van der Waals surface area (Å²) in [5, 5.41) is 3.31. The number of benzene rings is 2. The Hall–Kier alpha value is -2.68. The van der Waals surface area contributed by atoms with Gasteiger partial charge in [0.15, 0.2) is 0 Å². The fraction of sp³-hybridized carbons (Fsp3) is 0.273. The molecule has 0 aliphatic carbocycles. The van der Waals surface area contributed by atoms with Crippen LogP contribution in [0.5, 0.6) is 0 Å². The van der Waals surface area contributed by atoms with Crippen LogP contribution in [0.2, 0.25) is 0 Å². The Bertz CT molecular complexity index is 818. The van der Waals surface area contributed by atoms with E-state index in [4.69, 9.17) is 0 Å². The van der Waals surface area contributed by atoms with Crippen molar-refractivity contribution in [3.63, 3.8) is 0 Å². The lowest BCUT2D eigenvalue weighted by Crippen LogP contribution is -2.06. The summed E-state index contributed by atoms with van der Waals surface area (Å²) >= 11 is 0. The topological polar surface area (TPSA) is 37.8 Å². The second-order valence-electron chi connectivity index (χ2n) is 6.59. The van der Waals surface area contributed by atoms with E-state index in [0.717, 1.165) is 25.1 Å². The smallest absolute Gasteiger partial charge is 0.223 e. The van der Waals surface area contributed by atoms with E-state index >= 15 is 0 Å². The van der Waals surface area contributed by atoms with Crippen LogP contribution in [0.1, 0.15) is 33.5 Å². The molecule has 0 amide bonds. The van der Waals surface area contributed by atoms with Crippen molar-refractivity contribution >= 4 is 5.95 Å². The molecule has 0 saturated carbocycles. The van der Waals surface area contributed by atoms with Crippen molar-refractivity contribution in [2.24, 2.45) is 0 Å². The summed E-state index contributed by atoms with van der Waals surface area (Å²) in [5.41, 5.74) is 7.80. The minimum atomic E-state index is 0.693. The third-order valence-electron chi connectivity index (χ3n) is 4.48. The number of aryl methyl sites for hydroxylation is 4. The third kappa shape index (κ3) is 4.66. The van der Waals surface area contributed by atoms with Crippen LogP contribution in [0.3, 0.4) is 0 Å². The molecule has 1 aromatic heterocycles. The zero-order valence-electron chi connectivity index (χ0n) is 15.2. The van der Waals surface area contributed by atoms with Crippen LogP contribution in [0.4, 0.5) is 5.95 Å². The monoisotopic (exact) mass is 331 g/mol. The van der Waals surface area contributed by atoms with Crippen LogP contribution in [0, 0.1) is 20.8 Å². The van der Waals surface area contributed by atoms with E-state index in [1.807, 2.05) is 30.5 Å². The summed E-state index contributed by atoms with van der Waals surface area (Å²) in [7, 11) is 0. The Kier molecular flexibility index (Phi) is 5.44. The molecular formula is C22H25N3. The van der Waals surface area contributed by atoms with Crippen LogP contribution >= 0.6 is 0 Å². The zero-order valence-corrected chi connectivity index (χ0v) is 15.2. The van der Waals surface area contributed by atoms with Gasteiger partial charge in [0.1, 0.15) is 0 Å². The Morgan fingerprint density at radius 1 is 0.880 bits per heavy atom. The first kappa shape index (κ1) is 17.2. The summed E-state index contributed by atoms with van der Waals surface area (Å²) in [6.45, 7) is 7.28. The Balaban J connectivity index is 1.64. The zero-order chi connectivity index (χ0) is 17.6. The van der Waals surface area contributed by atoms with E-state index in [1.54, 1.807) is 0 Å². The van der Waals surface area contributed by atoms with E-state index < -0.39 is 0 Å². The second kappa shape index (κ2) is 7.93. The van der Waals surface area contributed by atoms with E-state index in [-0.39, 0.29) is 0 Å². The number of hydrogen-bond acceptors (Lipinski definition) is 3. The van der Waals surface area contributed by atoms with E-state index in [0.29, 0.717) is 5.95 Å². The Morgan fingerprint density at radius 2 is 1.60 bits per heavy atom. The lowest BCUT2D eigenvalue weighted by Gasteiger charge is -2.11. The minimum Gasteiger partial charge on any atom is -0.350 e.